The van der Waals surface area contributed by atoms with Crippen molar-refractivity contribution in [1.29, 1.82) is 0 Å². The molecule has 3 N–H and O–H groups in total. The Bertz CT molecular complexity index is 414. The summed E-state index contributed by atoms with van der Waals surface area (Å²) < 4.78 is 5.52. The molecule has 0 unspecified atom stereocenters. The molecule has 4 nitrogen and oxygen atoms in total. The topological polar surface area (TPSA) is 50.5 Å². The van der Waals surface area contributed by atoms with Crippen LogP contribution in [-0.2, 0) is 0 Å². The van der Waals surface area contributed by atoms with Crippen molar-refractivity contribution >= 4 is 11.4 Å². The average molecular weight is 277 g/mol. The summed E-state index contributed by atoms with van der Waals surface area (Å²) in [5.74, 6) is 1.60. The molecule has 1 heterocycles. The summed E-state index contributed by atoms with van der Waals surface area (Å²) in [4.78, 5) is 2.52. The molecule has 2 rings (SSSR count). The normalized spacial score (nSPS) is 17.1. The summed E-state index contributed by atoms with van der Waals surface area (Å²) in [6.45, 7) is 9.53. The maximum atomic E-state index is 5.91. The summed E-state index contributed by atoms with van der Waals surface area (Å²) in [6.07, 6.45) is 2.56. The number of nitrogens with zero attached hydrogens (tertiary/aromatic N) is 1. The van der Waals surface area contributed by atoms with E-state index in [1.807, 2.05) is 25.1 Å². The molecule has 0 spiro atoms. The highest BCUT2D eigenvalue weighted by Gasteiger charge is 2.17. The van der Waals surface area contributed by atoms with Gasteiger partial charge in [-0.2, -0.15) is 0 Å². The maximum Gasteiger partial charge on any atom is 0.123 e. The number of piperidine rings is 1. The van der Waals surface area contributed by atoms with E-state index in [9.17, 15) is 0 Å². The predicted octanol–water partition coefficient (Wildman–Crippen LogP) is 2.81. The molecule has 0 aliphatic carbocycles. The molecular formula is C16H27N3O. The molecule has 0 saturated carbocycles. The fourth-order valence-electron chi connectivity index (χ4n) is 2.74. The standard InChI is InChI=1S/C16H27N3O/c1-3-19-7-5-13(6-8-19)12-18-15-9-14(17)10-16(11-15)20-4-2/h9-11,13,18H,3-8,12,17H2,1-2H3. The third kappa shape index (κ3) is 4.30. The number of nitrogens with two attached hydrogens (primary N) is 1. The highest BCUT2D eigenvalue weighted by molar-refractivity contribution is 5.59. The summed E-state index contributed by atoms with van der Waals surface area (Å²) >= 11 is 0. The molecule has 1 aliphatic rings. The van der Waals surface area contributed by atoms with Crippen LogP contribution in [-0.4, -0.2) is 37.7 Å². The minimum Gasteiger partial charge on any atom is -0.494 e. The van der Waals surface area contributed by atoms with Crippen molar-refractivity contribution in [3.05, 3.63) is 18.2 Å². The van der Waals surface area contributed by atoms with Crippen LogP contribution in [0.3, 0.4) is 0 Å². The first-order valence-electron chi connectivity index (χ1n) is 7.70. The van der Waals surface area contributed by atoms with Gasteiger partial charge >= 0.3 is 0 Å². The highest BCUT2D eigenvalue weighted by Crippen LogP contribution is 2.24. The van der Waals surface area contributed by atoms with Gasteiger partial charge in [-0.3, -0.25) is 0 Å². The van der Waals surface area contributed by atoms with E-state index in [1.54, 1.807) is 0 Å². The highest BCUT2D eigenvalue weighted by atomic mass is 16.5. The van der Waals surface area contributed by atoms with Gasteiger partial charge in [0.15, 0.2) is 0 Å². The molecule has 0 bridgehead atoms. The number of nitrogen functional groups attached to an aromatic ring is 1. The van der Waals surface area contributed by atoms with Crippen LogP contribution < -0.4 is 15.8 Å². The lowest BCUT2D eigenvalue weighted by Crippen LogP contribution is -2.35. The molecule has 4 heteroatoms. The SMILES string of the molecule is CCOc1cc(N)cc(NCC2CCN(CC)CC2)c1. The van der Waals surface area contributed by atoms with Crippen LogP contribution in [0, 0.1) is 5.92 Å². The second-order valence-electron chi connectivity index (χ2n) is 5.48. The Morgan fingerprint density at radius 2 is 2.00 bits per heavy atom. The molecule has 1 aromatic rings. The van der Waals surface area contributed by atoms with E-state index in [2.05, 4.69) is 17.1 Å². The van der Waals surface area contributed by atoms with Crippen LogP contribution in [0.5, 0.6) is 5.75 Å². The lowest BCUT2D eigenvalue weighted by molar-refractivity contribution is 0.198. The van der Waals surface area contributed by atoms with Gasteiger partial charge in [0.1, 0.15) is 5.75 Å². The van der Waals surface area contributed by atoms with Crippen LogP contribution in [0.15, 0.2) is 18.2 Å². The molecule has 0 amide bonds. The van der Waals surface area contributed by atoms with Crippen LogP contribution >= 0.6 is 0 Å². The number of likely N-dealkylation sites (tertiary alicyclic amines) is 1. The number of nitrogens with one attached hydrogen (secondary N) is 1. The number of hydrogen-bond donors (Lipinski definition) is 2. The summed E-state index contributed by atoms with van der Waals surface area (Å²) in [6, 6.07) is 5.87. The molecule has 1 fully saturated rings. The Balaban J connectivity index is 1.84. The fourth-order valence-corrected chi connectivity index (χ4v) is 2.74. The summed E-state index contributed by atoms with van der Waals surface area (Å²) in [5.41, 5.74) is 7.72. The zero-order chi connectivity index (χ0) is 14.4. The first-order valence-corrected chi connectivity index (χ1v) is 7.70. The van der Waals surface area contributed by atoms with Crippen molar-refractivity contribution in [2.75, 3.05) is 43.8 Å². The number of hydrogen-bond acceptors (Lipinski definition) is 4. The number of benzene rings is 1. The molecule has 0 radical (unpaired) electrons. The van der Waals surface area contributed by atoms with Gasteiger partial charge in [0.05, 0.1) is 6.61 Å². The van der Waals surface area contributed by atoms with E-state index in [0.717, 1.165) is 29.6 Å². The monoisotopic (exact) mass is 277 g/mol. The van der Waals surface area contributed by atoms with Gasteiger partial charge in [-0.15, -0.1) is 0 Å². The van der Waals surface area contributed by atoms with E-state index in [0.29, 0.717) is 6.61 Å². The predicted molar refractivity (Wildman–Crippen MR) is 85.4 cm³/mol. The minimum absolute atomic E-state index is 0.665. The quantitative estimate of drug-likeness (QED) is 0.785. The third-order valence-electron chi connectivity index (χ3n) is 3.99. The van der Waals surface area contributed by atoms with E-state index >= 15 is 0 Å². The van der Waals surface area contributed by atoms with Gasteiger partial charge in [-0.25, -0.2) is 0 Å². The second kappa shape index (κ2) is 7.39. The zero-order valence-electron chi connectivity index (χ0n) is 12.7. The van der Waals surface area contributed by atoms with Crippen molar-refractivity contribution < 1.29 is 4.74 Å². The van der Waals surface area contributed by atoms with Crippen LogP contribution in [0.2, 0.25) is 0 Å². The van der Waals surface area contributed by atoms with Gasteiger partial charge in [0, 0.05) is 30.1 Å². The average Bonchev–Trinajstić information content (AvgIpc) is 2.45. The van der Waals surface area contributed by atoms with E-state index in [-0.39, 0.29) is 0 Å². The third-order valence-corrected chi connectivity index (χ3v) is 3.99. The molecule has 1 aromatic carbocycles. The molecule has 0 atom stereocenters. The smallest absolute Gasteiger partial charge is 0.123 e. The Morgan fingerprint density at radius 1 is 1.25 bits per heavy atom. The fraction of sp³-hybridized carbons (Fsp3) is 0.625. The molecule has 112 valence electrons. The Hall–Kier alpha value is -1.42. The van der Waals surface area contributed by atoms with Gasteiger partial charge in [0.25, 0.3) is 0 Å². The molecule has 20 heavy (non-hydrogen) atoms. The van der Waals surface area contributed by atoms with E-state index in [4.69, 9.17) is 10.5 Å². The first-order chi connectivity index (χ1) is 9.71. The van der Waals surface area contributed by atoms with Crippen LogP contribution in [0.4, 0.5) is 11.4 Å². The van der Waals surface area contributed by atoms with Gasteiger partial charge in [0.2, 0.25) is 0 Å². The minimum atomic E-state index is 0.665. The first kappa shape index (κ1) is 15.0. The molecular weight excluding hydrogens is 250 g/mol. The summed E-state index contributed by atoms with van der Waals surface area (Å²) in [7, 11) is 0. The lowest BCUT2D eigenvalue weighted by atomic mass is 9.97. The van der Waals surface area contributed by atoms with Crippen molar-refractivity contribution in [3.8, 4) is 5.75 Å². The lowest BCUT2D eigenvalue weighted by Gasteiger charge is -2.31. The number of ether oxygens (including phenoxy) is 1. The molecule has 1 saturated heterocycles. The number of rotatable bonds is 6. The number of anilines is 2. The molecule has 0 aromatic heterocycles. The Labute approximate surface area is 122 Å². The van der Waals surface area contributed by atoms with Crippen molar-refractivity contribution in [2.24, 2.45) is 5.92 Å². The van der Waals surface area contributed by atoms with E-state index in [1.165, 1.54) is 32.5 Å². The maximum absolute atomic E-state index is 5.91. The largest absolute Gasteiger partial charge is 0.494 e. The van der Waals surface area contributed by atoms with E-state index < -0.39 is 0 Å². The Kier molecular flexibility index (Phi) is 5.53. The summed E-state index contributed by atoms with van der Waals surface area (Å²) in [5, 5.41) is 3.51. The van der Waals surface area contributed by atoms with Gasteiger partial charge in [-0.1, -0.05) is 6.92 Å². The van der Waals surface area contributed by atoms with Crippen molar-refractivity contribution in [3.63, 3.8) is 0 Å². The van der Waals surface area contributed by atoms with Crippen molar-refractivity contribution in [2.45, 2.75) is 26.7 Å². The molecule has 1 aliphatic heterocycles. The Morgan fingerprint density at radius 3 is 2.65 bits per heavy atom. The van der Waals surface area contributed by atoms with Crippen molar-refractivity contribution in [1.82, 2.24) is 4.90 Å². The zero-order valence-corrected chi connectivity index (χ0v) is 12.7. The van der Waals surface area contributed by atoms with Gasteiger partial charge < -0.3 is 20.7 Å². The van der Waals surface area contributed by atoms with Crippen LogP contribution in [0.1, 0.15) is 26.7 Å². The van der Waals surface area contributed by atoms with Crippen LogP contribution in [0.25, 0.3) is 0 Å². The van der Waals surface area contributed by atoms with Gasteiger partial charge in [-0.05, 0) is 51.4 Å². The second-order valence-corrected chi connectivity index (χ2v) is 5.48.